The summed E-state index contributed by atoms with van der Waals surface area (Å²) in [5.74, 6) is 2.04. The Morgan fingerprint density at radius 3 is 2.44 bits per heavy atom. The largest absolute Gasteiger partial charge is 0.491 e. The molecule has 1 N–H and O–H groups in total. The number of hydrogen-bond acceptors (Lipinski definition) is 12. The van der Waals surface area contributed by atoms with Crippen LogP contribution in [0.5, 0.6) is 5.75 Å². The molecule has 1 aliphatic heterocycles. The van der Waals surface area contributed by atoms with E-state index in [-0.39, 0.29) is 36.9 Å². The van der Waals surface area contributed by atoms with E-state index in [0.29, 0.717) is 71.4 Å². The van der Waals surface area contributed by atoms with E-state index in [4.69, 9.17) is 49.5 Å². The number of nitrogens with one attached hydrogen (secondary N) is 1. The molecule has 1 fully saturated rings. The van der Waals surface area contributed by atoms with Crippen molar-refractivity contribution in [2.24, 2.45) is 0 Å². The maximum Gasteiger partial charge on any atom is 0.410 e. The molecular formula is C39H59ClN6O8Si. The molecule has 14 nitrogen and oxygen atoms in total. The van der Waals surface area contributed by atoms with Crippen LogP contribution in [0.4, 0.5) is 15.4 Å². The second kappa shape index (κ2) is 17.9. The SMILES string of the molecule is CCOC(=O)N1CCOC[C@@H]1CNc1nc(-c2cc(Cl)cc(OCC(CN(C)C(=O)OC(C)(C)C)O[Si](C)(C)C(C)(C)C)c2)nc(-c2c(C)noc2C)c1C. The molecule has 2 aromatic heterocycles. The van der Waals surface area contributed by atoms with Crippen LogP contribution >= 0.6 is 11.6 Å². The lowest BCUT2D eigenvalue weighted by molar-refractivity contribution is -0.00379. The lowest BCUT2D eigenvalue weighted by Crippen LogP contribution is -2.52. The van der Waals surface area contributed by atoms with E-state index in [9.17, 15) is 9.59 Å². The number of anilines is 1. The topological polar surface area (TPSA) is 151 Å². The normalized spacial score (nSPS) is 15.7. The number of carbonyl (C=O) groups excluding carboxylic acids is 2. The standard InChI is InChI=1S/C39H59ClN6O8Si/c1-14-50-37(48)46-15-16-49-22-29(46)20-41-34-24(2)33(32-25(3)44-53-26(32)4)42-35(43-34)27-17-28(40)19-30(18-27)51-23-31(54-55(12,13)39(8,9)10)21-45(11)36(47)52-38(5,6)7/h17-19,29,31H,14-16,20-23H2,1-13H3,(H,41,42,43)/t29-,31?/m0/s1. The summed E-state index contributed by atoms with van der Waals surface area (Å²) >= 11 is 6.73. The van der Waals surface area contributed by atoms with Gasteiger partial charge >= 0.3 is 12.2 Å². The van der Waals surface area contributed by atoms with E-state index in [0.717, 1.165) is 11.1 Å². The number of carbonyl (C=O) groups is 2. The first-order valence-electron chi connectivity index (χ1n) is 18.7. The number of aryl methyl sites for hydroxylation is 2. The van der Waals surface area contributed by atoms with Crippen LogP contribution in [0, 0.1) is 20.8 Å². The molecule has 2 atom stereocenters. The Bertz CT molecular complexity index is 1790. The second-order valence-electron chi connectivity index (χ2n) is 16.4. The van der Waals surface area contributed by atoms with Crippen LogP contribution in [0.2, 0.25) is 23.2 Å². The molecule has 0 saturated carbocycles. The van der Waals surface area contributed by atoms with Gasteiger partial charge in [0.25, 0.3) is 0 Å². The average molecular weight is 803 g/mol. The third-order valence-corrected chi connectivity index (χ3v) is 14.4. The lowest BCUT2D eigenvalue weighted by atomic mass is 10.0. The monoisotopic (exact) mass is 802 g/mol. The van der Waals surface area contributed by atoms with Crippen LogP contribution in [-0.4, -0.2) is 116 Å². The van der Waals surface area contributed by atoms with Crippen LogP contribution in [-0.2, 0) is 18.6 Å². The highest BCUT2D eigenvalue weighted by molar-refractivity contribution is 6.74. The summed E-state index contributed by atoms with van der Waals surface area (Å²) in [7, 11) is -0.585. The first kappa shape index (κ1) is 43.8. The average Bonchev–Trinajstić information content (AvgIpc) is 3.42. The van der Waals surface area contributed by atoms with Crippen LogP contribution < -0.4 is 10.1 Å². The minimum atomic E-state index is -2.28. The summed E-state index contributed by atoms with van der Waals surface area (Å²) in [4.78, 5) is 38.9. The number of morpholine rings is 1. The van der Waals surface area contributed by atoms with Gasteiger partial charge < -0.3 is 38.1 Å². The molecule has 1 aliphatic rings. The van der Waals surface area contributed by atoms with Gasteiger partial charge in [-0.3, -0.25) is 4.90 Å². The smallest absolute Gasteiger partial charge is 0.410 e. The lowest BCUT2D eigenvalue weighted by Gasteiger charge is -2.40. The molecule has 1 unspecified atom stereocenters. The summed E-state index contributed by atoms with van der Waals surface area (Å²) in [6.45, 7) is 26.0. The molecule has 0 aliphatic carbocycles. The van der Waals surface area contributed by atoms with Gasteiger partial charge in [-0.05, 0) is 84.8 Å². The van der Waals surface area contributed by atoms with E-state index in [2.05, 4.69) is 44.3 Å². The third kappa shape index (κ3) is 11.6. The fourth-order valence-corrected chi connectivity index (χ4v) is 7.32. The summed E-state index contributed by atoms with van der Waals surface area (Å²) in [5.41, 5.74) is 2.83. The number of halogens is 1. The summed E-state index contributed by atoms with van der Waals surface area (Å²) in [6, 6.07) is 5.05. The van der Waals surface area contributed by atoms with Gasteiger partial charge in [-0.25, -0.2) is 19.6 Å². The Morgan fingerprint density at radius 1 is 1.11 bits per heavy atom. The summed E-state index contributed by atoms with van der Waals surface area (Å²) in [6.07, 6.45) is -1.29. The fourth-order valence-electron chi connectivity index (χ4n) is 5.77. The maximum absolute atomic E-state index is 12.9. The van der Waals surface area contributed by atoms with Gasteiger partial charge in [0, 0.05) is 36.3 Å². The van der Waals surface area contributed by atoms with Crippen LogP contribution in [0.25, 0.3) is 22.6 Å². The van der Waals surface area contributed by atoms with Crippen molar-refractivity contribution in [1.29, 1.82) is 0 Å². The van der Waals surface area contributed by atoms with Crippen LogP contribution in [0.3, 0.4) is 0 Å². The fraction of sp³-hybridized carbons (Fsp3) is 0.615. The van der Waals surface area contributed by atoms with E-state index in [1.165, 1.54) is 4.90 Å². The highest BCUT2D eigenvalue weighted by Gasteiger charge is 2.40. The highest BCUT2D eigenvalue weighted by atomic mass is 35.5. The van der Waals surface area contributed by atoms with Crippen molar-refractivity contribution >= 4 is 37.9 Å². The summed E-state index contributed by atoms with van der Waals surface area (Å²) < 4.78 is 35.4. The minimum absolute atomic E-state index is 0.0759. The van der Waals surface area contributed by atoms with Gasteiger partial charge in [-0.15, -0.1) is 0 Å². The number of ether oxygens (including phenoxy) is 4. The first-order valence-corrected chi connectivity index (χ1v) is 22.0. The van der Waals surface area contributed by atoms with Gasteiger partial charge in [0.05, 0.1) is 55.5 Å². The minimum Gasteiger partial charge on any atom is -0.491 e. The maximum atomic E-state index is 12.9. The zero-order valence-corrected chi connectivity index (χ0v) is 36.5. The van der Waals surface area contributed by atoms with Crippen molar-refractivity contribution in [3.63, 3.8) is 0 Å². The molecule has 1 aromatic carbocycles. The number of aromatic nitrogens is 3. The second-order valence-corrected chi connectivity index (χ2v) is 21.6. The number of nitrogens with zero attached hydrogens (tertiary/aromatic N) is 5. The number of rotatable bonds is 13. The van der Waals surface area contributed by atoms with Gasteiger partial charge in [0.15, 0.2) is 14.1 Å². The highest BCUT2D eigenvalue weighted by Crippen LogP contribution is 2.38. The van der Waals surface area contributed by atoms with E-state index in [1.54, 1.807) is 31.0 Å². The molecule has 55 heavy (non-hydrogen) atoms. The number of likely N-dealkylation sites (N-methyl/N-ethyl adjacent to an activating group) is 1. The Hall–Kier alpha value is -3.92. The number of amides is 2. The molecule has 4 rings (SSSR count). The van der Waals surface area contributed by atoms with Crippen molar-refractivity contribution in [1.82, 2.24) is 24.9 Å². The van der Waals surface area contributed by atoms with Crippen molar-refractivity contribution in [2.75, 3.05) is 58.4 Å². The predicted molar refractivity (Wildman–Crippen MR) is 215 cm³/mol. The van der Waals surface area contributed by atoms with E-state index in [1.807, 2.05) is 47.6 Å². The zero-order chi connectivity index (χ0) is 40.9. The number of hydrogen-bond donors (Lipinski definition) is 1. The molecule has 0 spiro atoms. The third-order valence-electron chi connectivity index (χ3n) is 9.67. The van der Waals surface area contributed by atoms with Crippen LogP contribution in [0.1, 0.15) is 65.5 Å². The number of benzene rings is 1. The van der Waals surface area contributed by atoms with Crippen molar-refractivity contribution in [2.45, 2.75) is 105 Å². The van der Waals surface area contributed by atoms with Gasteiger partial charge in [-0.1, -0.05) is 37.5 Å². The summed E-state index contributed by atoms with van der Waals surface area (Å²) in [5, 5.41) is 7.97. The van der Waals surface area contributed by atoms with Crippen LogP contribution in [0.15, 0.2) is 22.7 Å². The van der Waals surface area contributed by atoms with Crippen molar-refractivity contribution in [3.05, 3.63) is 40.2 Å². The molecule has 0 radical (unpaired) electrons. The zero-order valence-electron chi connectivity index (χ0n) is 34.7. The Balaban J connectivity index is 1.68. The van der Waals surface area contributed by atoms with Gasteiger partial charge in [0.1, 0.15) is 29.5 Å². The first-order chi connectivity index (χ1) is 25.6. The Morgan fingerprint density at radius 2 is 1.82 bits per heavy atom. The molecule has 1 saturated heterocycles. The molecule has 304 valence electrons. The Kier molecular flexibility index (Phi) is 14.3. The molecule has 2 amide bonds. The molecular weight excluding hydrogens is 744 g/mol. The van der Waals surface area contributed by atoms with E-state index < -0.39 is 26.1 Å². The Labute approximate surface area is 331 Å². The molecule has 0 bridgehead atoms. The predicted octanol–water partition coefficient (Wildman–Crippen LogP) is 8.28. The van der Waals surface area contributed by atoms with Gasteiger partial charge in [-0.2, -0.15) is 0 Å². The molecule has 16 heteroatoms. The molecule has 3 aromatic rings. The van der Waals surface area contributed by atoms with E-state index >= 15 is 0 Å². The van der Waals surface area contributed by atoms with Crippen molar-refractivity contribution in [3.8, 4) is 28.4 Å². The molecule has 3 heterocycles. The quantitative estimate of drug-likeness (QED) is 0.166. The van der Waals surface area contributed by atoms with Gasteiger partial charge in [0.2, 0.25) is 0 Å². The van der Waals surface area contributed by atoms with Crippen molar-refractivity contribution < 1.29 is 37.5 Å².